The van der Waals surface area contributed by atoms with E-state index in [4.69, 9.17) is 0 Å². The molecule has 0 unspecified atom stereocenters. The van der Waals surface area contributed by atoms with Crippen LogP contribution in [0.5, 0.6) is 0 Å². The van der Waals surface area contributed by atoms with Crippen LogP contribution in [-0.4, -0.2) is 0 Å². The Labute approximate surface area is 108 Å². The second-order valence-corrected chi connectivity index (χ2v) is 4.83. The van der Waals surface area contributed by atoms with Gasteiger partial charge in [0.25, 0.3) is 0 Å². The van der Waals surface area contributed by atoms with Crippen LogP contribution in [0, 0.1) is 0 Å². The maximum Gasteiger partial charge on any atom is -0.0143 e. The number of hydrogen-bond acceptors (Lipinski definition) is 0. The number of benzene rings is 3. The lowest BCUT2D eigenvalue weighted by atomic mass is 9.93. The molecule has 0 spiro atoms. The Kier molecular flexibility index (Phi) is 2.79. The summed E-state index contributed by atoms with van der Waals surface area (Å²) in [7, 11) is 0. The molecular weight excluding hydrogens is 216 g/mol. The summed E-state index contributed by atoms with van der Waals surface area (Å²) >= 11 is 0. The molecule has 0 saturated carbocycles. The standard InChI is InChI=1S/C18H18/c1-3-13-9-10-16-11-14-7-5-6-8-15(14)12-18(16)17(13)4-2/h5-12H,3-4H2,1-2H3. The van der Waals surface area contributed by atoms with Crippen LogP contribution in [0.1, 0.15) is 25.0 Å². The smallest absolute Gasteiger partial charge is 0.0143 e. The minimum atomic E-state index is 1.11. The SMILES string of the molecule is CCc1ccc2cc3ccccc3cc2c1CC. The van der Waals surface area contributed by atoms with E-state index in [0.717, 1.165) is 12.8 Å². The first-order valence-electron chi connectivity index (χ1n) is 6.76. The van der Waals surface area contributed by atoms with Crippen LogP contribution in [0.2, 0.25) is 0 Å². The van der Waals surface area contributed by atoms with E-state index in [0.29, 0.717) is 0 Å². The Balaban J connectivity index is 2.42. The minimum absolute atomic E-state index is 1.11. The fourth-order valence-electron chi connectivity index (χ4n) is 2.87. The van der Waals surface area contributed by atoms with Gasteiger partial charge in [0, 0.05) is 0 Å². The van der Waals surface area contributed by atoms with Gasteiger partial charge in [-0.05, 0) is 57.6 Å². The van der Waals surface area contributed by atoms with E-state index in [1.807, 2.05) is 0 Å². The van der Waals surface area contributed by atoms with Crippen LogP contribution in [0.4, 0.5) is 0 Å². The zero-order chi connectivity index (χ0) is 12.5. The van der Waals surface area contributed by atoms with Gasteiger partial charge in [-0.25, -0.2) is 0 Å². The Morgan fingerprint density at radius 2 is 1.44 bits per heavy atom. The van der Waals surface area contributed by atoms with E-state index in [2.05, 4.69) is 62.4 Å². The summed E-state index contributed by atoms with van der Waals surface area (Å²) in [6.07, 6.45) is 2.23. The van der Waals surface area contributed by atoms with Gasteiger partial charge < -0.3 is 0 Å². The predicted octanol–water partition coefficient (Wildman–Crippen LogP) is 5.12. The van der Waals surface area contributed by atoms with Gasteiger partial charge in [-0.1, -0.05) is 50.2 Å². The van der Waals surface area contributed by atoms with Crippen molar-refractivity contribution in [2.75, 3.05) is 0 Å². The number of aryl methyl sites for hydroxylation is 2. The van der Waals surface area contributed by atoms with E-state index >= 15 is 0 Å². The van der Waals surface area contributed by atoms with Crippen molar-refractivity contribution in [2.24, 2.45) is 0 Å². The van der Waals surface area contributed by atoms with Crippen molar-refractivity contribution in [1.82, 2.24) is 0 Å². The second-order valence-electron chi connectivity index (χ2n) is 4.83. The predicted molar refractivity (Wildman–Crippen MR) is 80.2 cm³/mol. The third-order valence-electron chi connectivity index (χ3n) is 3.83. The average Bonchev–Trinajstić information content (AvgIpc) is 2.43. The fourth-order valence-corrected chi connectivity index (χ4v) is 2.87. The molecule has 0 aliphatic carbocycles. The van der Waals surface area contributed by atoms with Gasteiger partial charge in [-0.2, -0.15) is 0 Å². The first-order valence-corrected chi connectivity index (χ1v) is 6.76. The molecule has 0 atom stereocenters. The molecule has 0 heteroatoms. The second kappa shape index (κ2) is 4.45. The number of fused-ring (bicyclic) bond motifs is 2. The molecular formula is C18H18. The van der Waals surface area contributed by atoms with E-state index in [1.165, 1.54) is 32.7 Å². The van der Waals surface area contributed by atoms with E-state index < -0.39 is 0 Å². The van der Waals surface area contributed by atoms with Crippen molar-refractivity contribution < 1.29 is 0 Å². The highest BCUT2D eigenvalue weighted by molar-refractivity contribution is 6.00. The summed E-state index contributed by atoms with van der Waals surface area (Å²) in [5, 5.41) is 5.46. The minimum Gasteiger partial charge on any atom is -0.0616 e. The fraction of sp³-hybridized carbons (Fsp3) is 0.222. The van der Waals surface area contributed by atoms with Crippen LogP contribution in [-0.2, 0) is 12.8 Å². The normalized spacial score (nSPS) is 11.2. The van der Waals surface area contributed by atoms with Gasteiger partial charge in [0.2, 0.25) is 0 Å². The van der Waals surface area contributed by atoms with Crippen molar-refractivity contribution in [2.45, 2.75) is 26.7 Å². The Morgan fingerprint density at radius 3 is 2.11 bits per heavy atom. The molecule has 3 rings (SSSR count). The highest BCUT2D eigenvalue weighted by Crippen LogP contribution is 2.28. The van der Waals surface area contributed by atoms with E-state index in [9.17, 15) is 0 Å². The summed E-state index contributed by atoms with van der Waals surface area (Å²) < 4.78 is 0. The Morgan fingerprint density at radius 1 is 0.722 bits per heavy atom. The molecule has 90 valence electrons. The first kappa shape index (κ1) is 11.3. The van der Waals surface area contributed by atoms with Crippen LogP contribution in [0.25, 0.3) is 21.5 Å². The van der Waals surface area contributed by atoms with Gasteiger partial charge in [0.05, 0.1) is 0 Å². The van der Waals surface area contributed by atoms with Crippen molar-refractivity contribution in [1.29, 1.82) is 0 Å². The summed E-state index contributed by atoms with van der Waals surface area (Å²) in [4.78, 5) is 0. The summed E-state index contributed by atoms with van der Waals surface area (Å²) in [5.74, 6) is 0. The molecule has 0 fully saturated rings. The topological polar surface area (TPSA) is 0 Å². The van der Waals surface area contributed by atoms with Crippen LogP contribution in [0.3, 0.4) is 0 Å². The van der Waals surface area contributed by atoms with Gasteiger partial charge in [-0.3, -0.25) is 0 Å². The third kappa shape index (κ3) is 1.69. The monoisotopic (exact) mass is 234 g/mol. The molecule has 0 radical (unpaired) electrons. The van der Waals surface area contributed by atoms with Crippen molar-refractivity contribution in [3.8, 4) is 0 Å². The van der Waals surface area contributed by atoms with E-state index in [-0.39, 0.29) is 0 Å². The molecule has 0 amide bonds. The van der Waals surface area contributed by atoms with Crippen LogP contribution < -0.4 is 0 Å². The molecule has 0 aliphatic heterocycles. The maximum atomic E-state index is 2.35. The highest BCUT2D eigenvalue weighted by Gasteiger charge is 2.06. The van der Waals surface area contributed by atoms with E-state index in [1.54, 1.807) is 0 Å². The zero-order valence-electron chi connectivity index (χ0n) is 11.0. The summed E-state index contributed by atoms with van der Waals surface area (Å²) in [6.45, 7) is 4.49. The van der Waals surface area contributed by atoms with Crippen molar-refractivity contribution in [3.05, 3.63) is 59.7 Å². The molecule has 3 aromatic carbocycles. The lowest BCUT2D eigenvalue weighted by Gasteiger charge is -2.11. The average molecular weight is 234 g/mol. The lowest BCUT2D eigenvalue weighted by molar-refractivity contribution is 1.05. The largest absolute Gasteiger partial charge is 0.0616 e. The third-order valence-corrected chi connectivity index (χ3v) is 3.83. The van der Waals surface area contributed by atoms with Gasteiger partial charge in [-0.15, -0.1) is 0 Å². The molecule has 0 N–H and O–H groups in total. The number of hydrogen-bond donors (Lipinski definition) is 0. The van der Waals surface area contributed by atoms with Crippen LogP contribution in [0.15, 0.2) is 48.5 Å². The highest BCUT2D eigenvalue weighted by atomic mass is 14.1. The van der Waals surface area contributed by atoms with Crippen LogP contribution >= 0.6 is 0 Å². The molecule has 3 aromatic rings. The molecule has 18 heavy (non-hydrogen) atoms. The molecule has 0 aliphatic rings. The number of rotatable bonds is 2. The summed E-state index contributed by atoms with van der Waals surface area (Å²) in [6, 6.07) is 17.8. The molecule has 0 nitrogen and oxygen atoms in total. The van der Waals surface area contributed by atoms with Gasteiger partial charge in [0.1, 0.15) is 0 Å². The quantitative estimate of drug-likeness (QED) is 0.540. The van der Waals surface area contributed by atoms with Gasteiger partial charge in [0.15, 0.2) is 0 Å². The summed E-state index contributed by atoms with van der Waals surface area (Å²) in [5.41, 5.74) is 3.00. The first-order chi connectivity index (χ1) is 8.83. The maximum absolute atomic E-state index is 2.35. The molecule has 0 bridgehead atoms. The van der Waals surface area contributed by atoms with Gasteiger partial charge >= 0.3 is 0 Å². The Hall–Kier alpha value is -1.82. The molecule has 0 saturated heterocycles. The molecule has 0 heterocycles. The van der Waals surface area contributed by atoms with Crippen molar-refractivity contribution in [3.63, 3.8) is 0 Å². The Bertz CT molecular complexity index is 708. The lowest BCUT2D eigenvalue weighted by Crippen LogP contribution is -1.92. The molecule has 0 aromatic heterocycles. The van der Waals surface area contributed by atoms with Crippen molar-refractivity contribution >= 4 is 21.5 Å². The zero-order valence-corrected chi connectivity index (χ0v) is 11.0.